The maximum Gasteiger partial charge on any atom is 0.318 e. The van der Waals surface area contributed by atoms with Crippen molar-refractivity contribution in [2.45, 2.75) is 26.1 Å². The van der Waals surface area contributed by atoms with E-state index in [4.69, 9.17) is 0 Å². The average Bonchev–Trinajstić information content (AvgIpc) is 3.24. The number of halogens is 1. The zero-order valence-electron chi connectivity index (χ0n) is 17.8. The van der Waals surface area contributed by atoms with E-state index in [1.807, 2.05) is 72.6 Å². The Morgan fingerprint density at radius 1 is 0.969 bits per heavy atom. The number of aryl methyl sites for hydroxylation is 1. The van der Waals surface area contributed by atoms with E-state index in [-0.39, 0.29) is 17.9 Å². The van der Waals surface area contributed by atoms with Gasteiger partial charge < -0.3 is 14.8 Å². The number of hydrogen-bond donors (Lipinski definition) is 1. The number of nitrogens with one attached hydrogen (secondary N) is 1. The van der Waals surface area contributed by atoms with Crippen molar-refractivity contribution in [3.8, 4) is 5.69 Å². The lowest BCUT2D eigenvalue weighted by atomic mass is 10.0. The van der Waals surface area contributed by atoms with E-state index in [9.17, 15) is 9.18 Å². The Balaban J connectivity index is 1.54. The first kappa shape index (κ1) is 20.1. The summed E-state index contributed by atoms with van der Waals surface area (Å²) in [6.07, 6.45) is 2.01. The second-order valence-electron chi connectivity index (χ2n) is 8.16. The van der Waals surface area contributed by atoms with Crippen molar-refractivity contribution in [2.24, 2.45) is 0 Å². The van der Waals surface area contributed by atoms with Crippen LogP contribution in [0.2, 0.25) is 0 Å². The first-order valence-corrected chi connectivity index (χ1v) is 10.7. The molecule has 2 amide bonds. The standard InChI is InChI=1S/C27H24FN3O/c1-19-8-10-20(11-9-19)17-29-27(32)31-18-22-5-2-3-6-24(22)30-16-4-7-25(30)26(31)21-12-14-23(28)15-13-21/h2-16,26H,17-18H2,1H3,(H,29,32)/t26-/m0/s1. The number of rotatable bonds is 3. The third kappa shape index (κ3) is 3.78. The summed E-state index contributed by atoms with van der Waals surface area (Å²) in [7, 11) is 0. The van der Waals surface area contributed by atoms with Gasteiger partial charge in [0.05, 0.1) is 18.3 Å². The van der Waals surface area contributed by atoms with Crippen LogP contribution in [0.15, 0.2) is 91.1 Å². The molecular formula is C27H24FN3O. The van der Waals surface area contributed by atoms with Gasteiger partial charge in [-0.1, -0.05) is 60.2 Å². The molecule has 4 aromatic rings. The van der Waals surface area contributed by atoms with Gasteiger partial charge in [-0.05, 0) is 53.9 Å². The molecule has 32 heavy (non-hydrogen) atoms. The fourth-order valence-electron chi connectivity index (χ4n) is 4.32. The predicted molar refractivity (Wildman–Crippen MR) is 123 cm³/mol. The Hall–Kier alpha value is -3.86. The predicted octanol–water partition coefficient (Wildman–Crippen LogP) is 5.74. The van der Waals surface area contributed by atoms with Crippen molar-refractivity contribution in [3.63, 3.8) is 0 Å². The van der Waals surface area contributed by atoms with Crippen molar-refractivity contribution in [3.05, 3.63) is 125 Å². The number of fused-ring (bicyclic) bond motifs is 3. The molecule has 160 valence electrons. The molecule has 0 saturated carbocycles. The van der Waals surface area contributed by atoms with Gasteiger partial charge in [0.1, 0.15) is 5.82 Å². The number of amides is 2. The second kappa shape index (κ2) is 8.35. The van der Waals surface area contributed by atoms with E-state index in [1.54, 1.807) is 12.1 Å². The molecule has 0 radical (unpaired) electrons. The molecule has 1 aliphatic heterocycles. The third-order valence-electron chi connectivity index (χ3n) is 5.97. The van der Waals surface area contributed by atoms with Crippen LogP contribution in [0.1, 0.15) is 34.0 Å². The van der Waals surface area contributed by atoms with Crippen LogP contribution in [0, 0.1) is 12.7 Å². The molecule has 3 aromatic carbocycles. The number of benzene rings is 3. The molecule has 0 saturated heterocycles. The summed E-state index contributed by atoms with van der Waals surface area (Å²) in [4.78, 5) is 15.3. The van der Waals surface area contributed by atoms with Gasteiger partial charge in [0, 0.05) is 18.4 Å². The molecule has 1 N–H and O–H groups in total. The lowest BCUT2D eigenvalue weighted by molar-refractivity contribution is 0.180. The Morgan fingerprint density at radius 2 is 1.72 bits per heavy atom. The number of urea groups is 1. The van der Waals surface area contributed by atoms with Crippen LogP contribution in [0.4, 0.5) is 9.18 Å². The van der Waals surface area contributed by atoms with Gasteiger partial charge in [-0.3, -0.25) is 0 Å². The lowest BCUT2D eigenvalue weighted by Gasteiger charge is -2.31. The molecule has 2 heterocycles. The van der Waals surface area contributed by atoms with Crippen LogP contribution in [-0.2, 0) is 13.1 Å². The van der Waals surface area contributed by atoms with E-state index in [0.29, 0.717) is 13.1 Å². The van der Waals surface area contributed by atoms with E-state index in [2.05, 4.69) is 16.0 Å². The monoisotopic (exact) mass is 425 g/mol. The molecule has 0 unspecified atom stereocenters. The van der Waals surface area contributed by atoms with Gasteiger partial charge in [-0.2, -0.15) is 0 Å². The van der Waals surface area contributed by atoms with Gasteiger partial charge in [0.15, 0.2) is 0 Å². The highest BCUT2D eigenvalue weighted by molar-refractivity contribution is 5.76. The minimum absolute atomic E-state index is 0.163. The number of carbonyl (C=O) groups is 1. The van der Waals surface area contributed by atoms with Crippen LogP contribution >= 0.6 is 0 Å². The van der Waals surface area contributed by atoms with E-state index >= 15 is 0 Å². The van der Waals surface area contributed by atoms with E-state index < -0.39 is 0 Å². The summed E-state index contributed by atoms with van der Waals surface area (Å²) in [5, 5.41) is 3.08. The Morgan fingerprint density at radius 3 is 2.50 bits per heavy atom. The fourth-order valence-corrected chi connectivity index (χ4v) is 4.32. The molecule has 5 rings (SSSR count). The van der Waals surface area contributed by atoms with Gasteiger partial charge in [0.25, 0.3) is 0 Å². The second-order valence-corrected chi connectivity index (χ2v) is 8.16. The average molecular weight is 426 g/mol. The fraction of sp³-hybridized carbons (Fsp3) is 0.148. The van der Waals surface area contributed by atoms with Crippen molar-refractivity contribution >= 4 is 6.03 Å². The molecule has 0 fully saturated rings. The van der Waals surface area contributed by atoms with Crippen LogP contribution in [0.25, 0.3) is 5.69 Å². The Bertz CT molecular complexity index is 1240. The van der Waals surface area contributed by atoms with E-state index in [0.717, 1.165) is 28.1 Å². The van der Waals surface area contributed by atoms with Crippen molar-refractivity contribution in [1.29, 1.82) is 0 Å². The number of para-hydroxylation sites is 1. The number of hydrogen-bond acceptors (Lipinski definition) is 1. The minimum atomic E-state index is -0.351. The van der Waals surface area contributed by atoms with Gasteiger partial charge in [0.2, 0.25) is 0 Å². The van der Waals surface area contributed by atoms with Crippen LogP contribution in [0.5, 0.6) is 0 Å². The SMILES string of the molecule is Cc1ccc(CNC(=O)N2Cc3ccccc3-n3cccc3[C@@H]2c2ccc(F)cc2)cc1. The molecule has 1 atom stereocenters. The highest BCUT2D eigenvalue weighted by atomic mass is 19.1. The highest BCUT2D eigenvalue weighted by Crippen LogP contribution is 2.36. The summed E-state index contributed by atoms with van der Waals surface area (Å²) in [5.41, 5.74) is 6.16. The largest absolute Gasteiger partial charge is 0.334 e. The highest BCUT2D eigenvalue weighted by Gasteiger charge is 2.32. The van der Waals surface area contributed by atoms with Gasteiger partial charge >= 0.3 is 6.03 Å². The van der Waals surface area contributed by atoms with Crippen LogP contribution < -0.4 is 5.32 Å². The minimum Gasteiger partial charge on any atom is -0.334 e. The van der Waals surface area contributed by atoms with Crippen LogP contribution in [0.3, 0.4) is 0 Å². The lowest BCUT2D eigenvalue weighted by Crippen LogP contribution is -2.41. The molecule has 4 nitrogen and oxygen atoms in total. The van der Waals surface area contributed by atoms with Crippen molar-refractivity contribution < 1.29 is 9.18 Å². The van der Waals surface area contributed by atoms with Gasteiger partial charge in [-0.15, -0.1) is 0 Å². The maximum absolute atomic E-state index is 13.7. The summed E-state index contributed by atoms with van der Waals surface area (Å²) in [5.74, 6) is -0.295. The molecule has 1 aromatic heterocycles. The molecular weight excluding hydrogens is 401 g/mol. The zero-order valence-corrected chi connectivity index (χ0v) is 17.8. The quantitative estimate of drug-likeness (QED) is 0.447. The van der Waals surface area contributed by atoms with Crippen LogP contribution in [-0.4, -0.2) is 15.5 Å². The number of nitrogens with zero attached hydrogens (tertiary/aromatic N) is 2. The number of aromatic nitrogens is 1. The maximum atomic E-state index is 13.7. The summed E-state index contributed by atoms with van der Waals surface area (Å²) >= 11 is 0. The first-order valence-electron chi connectivity index (χ1n) is 10.7. The Labute approximate surface area is 186 Å². The topological polar surface area (TPSA) is 37.3 Å². The summed E-state index contributed by atoms with van der Waals surface area (Å²) < 4.78 is 15.8. The number of carbonyl (C=O) groups excluding carboxylic acids is 1. The molecule has 0 bridgehead atoms. The first-order chi connectivity index (χ1) is 15.6. The summed E-state index contributed by atoms with van der Waals surface area (Å²) in [6.45, 7) is 2.92. The Kier molecular flexibility index (Phi) is 5.23. The summed E-state index contributed by atoms with van der Waals surface area (Å²) in [6, 6.07) is 26.1. The molecule has 0 aliphatic carbocycles. The van der Waals surface area contributed by atoms with Crippen molar-refractivity contribution in [2.75, 3.05) is 0 Å². The third-order valence-corrected chi connectivity index (χ3v) is 5.97. The van der Waals surface area contributed by atoms with Crippen molar-refractivity contribution in [1.82, 2.24) is 14.8 Å². The smallest absolute Gasteiger partial charge is 0.318 e. The van der Waals surface area contributed by atoms with Gasteiger partial charge in [-0.25, -0.2) is 9.18 Å². The molecule has 1 aliphatic rings. The van der Waals surface area contributed by atoms with E-state index in [1.165, 1.54) is 17.7 Å². The molecule has 5 heteroatoms. The molecule has 0 spiro atoms. The normalized spacial score (nSPS) is 14.9. The zero-order chi connectivity index (χ0) is 22.1.